The average Bonchev–Trinajstić information content (AvgIpc) is 2.50. The van der Waals surface area contributed by atoms with Crippen molar-refractivity contribution in [1.82, 2.24) is 5.32 Å². The zero-order valence-corrected chi connectivity index (χ0v) is 12.2. The molecule has 0 bridgehead atoms. The van der Waals surface area contributed by atoms with E-state index in [9.17, 15) is 0 Å². The van der Waals surface area contributed by atoms with Crippen LogP contribution < -0.4 is 14.8 Å². The first kappa shape index (κ1) is 15.1. The summed E-state index contributed by atoms with van der Waals surface area (Å²) in [5.74, 6) is 1.66. The summed E-state index contributed by atoms with van der Waals surface area (Å²) < 4.78 is 21.4. The first-order valence-corrected chi connectivity index (χ1v) is 7.01. The Morgan fingerprint density at radius 1 is 1.15 bits per heavy atom. The van der Waals surface area contributed by atoms with Gasteiger partial charge in [-0.3, -0.25) is 0 Å². The monoisotopic (exact) mass is 281 g/mol. The van der Waals surface area contributed by atoms with Crippen LogP contribution in [-0.2, 0) is 9.47 Å². The van der Waals surface area contributed by atoms with Gasteiger partial charge in [0.05, 0.1) is 19.8 Å². The standard InChI is InChI=1S/C15H23NO4/c1-12(16-5-6-18-8-7-17-2)13-3-4-14-15(11-13)20-10-9-19-14/h3-4,11-12,16H,5-10H2,1-2H3. The van der Waals surface area contributed by atoms with Gasteiger partial charge in [-0.2, -0.15) is 0 Å². The van der Waals surface area contributed by atoms with E-state index in [2.05, 4.69) is 18.3 Å². The third kappa shape index (κ3) is 4.37. The fourth-order valence-corrected chi connectivity index (χ4v) is 2.04. The number of fused-ring (bicyclic) bond motifs is 1. The van der Waals surface area contributed by atoms with Crippen molar-refractivity contribution in [3.63, 3.8) is 0 Å². The Balaban J connectivity index is 1.76. The molecule has 0 amide bonds. The summed E-state index contributed by atoms with van der Waals surface area (Å²) >= 11 is 0. The maximum atomic E-state index is 5.59. The minimum Gasteiger partial charge on any atom is -0.486 e. The van der Waals surface area contributed by atoms with Crippen molar-refractivity contribution in [2.45, 2.75) is 13.0 Å². The summed E-state index contributed by atoms with van der Waals surface area (Å²) in [4.78, 5) is 0. The van der Waals surface area contributed by atoms with Crippen molar-refractivity contribution >= 4 is 0 Å². The molecule has 1 aliphatic heterocycles. The van der Waals surface area contributed by atoms with Crippen LogP contribution >= 0.6 is 0 Å². The Morgan fingerprint density at radius 2 is 1.95 bits per heavy atom. The SMILES string of the molecule is COCCOCCNC(C)c1ccc2c(c1)OCCO2. The van der Waals surface area contributed by atoms with Gasteiger partial charge in [-0.1, -0.05) is 6.07 Å². The van der Waals surface area contributed by atoms with Crippen molar-refractivity contribution in [3.05, 3.63) is 23.8 Å². The molecule has 1 aromatic rings. The van der Waals surface area contributed by atoms with Gasteiger partial charge in [0.1, 0.15) is 13.2 Å². The predicted molar refractivity (Wildman–Crippen MR) is 76.5 cm³/mol. The highest BCUT2D eigenvalue weighted by atomic mass is 16.6. The van der Waals surface area contributed by atoms with Crippen molar-refractivity contribution in [3.8, 4) is 11.5 Å². The Hall–Kier alpha value is -1.30. The van der Waals surface area contributed by atoms with E-state index in [-0.39, 0.29) is 6.04 Å². The van der Waals surface area contributed by atoms with Crippen molar-refractivity contribution in [2.75, 3.05) is 46.7 Å². The van der Waals surface area contributed by atoms with Crippen molar-refractivity contribution in [1.29, 1.82) is 0 Å². The number of hydrogen-bond donors (Lipinski definition) is 1. The molecular weight excluding hydrogens is 258 g/mol. The van der Waals surface area contributed by atoms with Crippen LogP contribution in [0.15, 0.2) is 18.2 Å². The molecule has 5 heteroatoms. The topological polar surface area (TPSA) is 49.0 Å². The van der Waals surface area contributed by atoms with Crippen LogP contribution in [0, 0.1) is 0 Å². The van der Waals surface area contributed by atoms with E-state index in [0.717, 1.165) is 18.0 Å². The molecule has 1 N–H and O–H groups in total. The summed E-state index contributed by atoms with van der Waals surface area (Å²) in [5, 5.41) is 3.42. The summed E-state index contributed by atoms with van der Waals surface area (Å²) in [6.07, 6.45) is 0. The second-order valence-corrected chi connectivity index (χ2v) is 4.68. The van der Waals surface area contributed by atoms with Crippen LogP contribution in [0.4, 0.5) is 0 Å². The van der Waals surface area contributed by atoms with E-state index in [1.165, 1.54) is 5.56 Å². The molecule has 0 fully saturated rings. The van der Waals surface area contributed by atoms with Crippen molar-refractivity contribution in [2.24, 2.45) is 0 Å². The molecule has 112 valence electrons. The zero-order valence-electron chi connectivity index (χ0n) is 12.2. The largest absolute Gasteiger partial charge is 0.486 e. The molecular formula is C15H23NO4. The molecule has 1 unspecified atom stereocenters. The summed E-state index contributed by atoms with van der Waals surface area (Å²) in [7, 11) is 1.67. The molecule has 20 heavy (non-hydrogen) atoms. The molecule has 1 heterocycles. The van der Waals surface area contributed by atoms with E-state index in [4.69, 9.17) is 18.9 Å². The summed E-state index contributed by atoms with van der Waals surface area (Å²) in [5.41, 5.74) is 1.19. The third-order valence-electron chi connectivity index (χ3n) is 3.19. The number of rotatable bonds is 8. The van der Waals surface area contributed by atoms with Gasteiger partial charge in [0.15, 0.2) is 11.5 Å². The lowest BCUT2D eigenvalue weighted by atomic mass is 10.1. The Bertz CT molecular complexity index is 411. The Labute approximate surface area is 120 Å². The van der Waals surface area contributed by atoms with Crippen LogP contribution in [0.25, 0.3) is 0 Å². The Kier molecular flexibility index (Phi) is 6.11. The van der Waals surface area contributed by atoms with Gasteiger partial charge in [-0.05, 0) is 24.6 Å². The first-order valence-electron chi connectivity index (χ1n) is 7.01. The molecule has 0 aromatic heterocycles. The molecule has 1 aromatic carbocycles. The summed E-state index contributed by atoms with van der Waals surface area (Å²) in [6.45, 7) is 6.12. The molecule has 0 radical (unpaired) electrons. The van der Waals surface area contributed by atoms with Crippen molar-refractivity contribution < 1.29 is 18.9 Å². The minimum atomic E-state index is 0.247. The smallest absolute Gasteiger partial charge is 0.161 e. The van der Waals surface area contributed by atoms with Crippen LogP contribution in [0.5, 0.6) is 11.5 Å². The third-order valence-corrected chi connectivity index (χ3v) is 3.19. The molecule has 0 saturated carbocycles. The molecule has 0 saturated heterocycles. The predicted octanol–water partition coefficient (Wildman–Crippen LogP) is 1.77. The van der Waals surface area contributed by atoms with E-state index in [1.807, 2.05) is 12.1 Å². The second-order valence-electron chi connectivity index (χ2n) is 4.68. The van der Waals surface area contributed by atoms with Crippen LogP contribution in [-0.4, -0.2) is 46.7 Å². The molecule has 0 spiro atoms. The van der Waals surface area contributed by atoms with E-state index in [1.54, 1.807) is 7.11 Å². The zero-order chi connectivity index (χ0) is 14.2. The van der Waals surface area contributed by atoms with Gasteiger partial charge in [-0.25, -0.2) is 0 Å². The number of ether oxygens (including phenoxy) is 4. The van der Waals surface area contributed by atoms with Gasteiger partial charge in [0.2, 0.25) is 0 Å². The van der Waals surface area contributed by atoms with E-state index >= 15 is 0 Å². The number of methoxy groups -OCH3 is 1. The first-order chi connectivity index (χ1) is 9.81. The van der Waals surface area contributed by atoms with E-state index in [0.29, 0.717) is 33.0 Å². The molecule has 5 nitrogen and oxygen atoms in total. The maximum Gasteiger partial charge on any atom is 0.161 e. The Morgan fingerprint density at radius 3 is 2.75 bits per heavy atom. The fourth-order valence-electron chi connectivity index (χ4n) is 2.04. The van der Waals surface area contributed by atoms with Gasteiger partial charge in [-0.15, -0.1) is 0 Å². The maximum absolute atomic E-state index is 5.59. The molecule has 0 aliphatic carbocycles. The van der Waals surface area contributed by atoms with Crippen LogP contribution in [0.3, 0.4) is 0 Å². The quantitative estimate of drug-likeness (QED) is 0.736. The van der Waals surface area contributed by atoms with E-state index < -0.39 is 0 Å². The van der Waals surface area contributed by atoms with Crippen LogP contribution in [0.2, 0.25) is 0 Å². The second kappa shape index (κ2) is 8.09. The van der Waals surface area contributed by atoms with Gasteiger partial charge in [0, 0.05) is 19.7 Å². The van der Waals surface area contributed by atoms with Gasteiger partial charge >= 0.3 is 0 Å². The van der Waals surface area contributed by atoms with Crippen LogP contribution in [0.1, 0.15) is 18.5 Å². The highest BCUT2D eigenvalue weighted by Crippen LogP contribution is 2.32. The number of benzene rings is 1. The molecule has 1 aliphatic rings. The molecule has 2 rings (SSSR count). The van der Waals surface area contributed by atoms with Gasteiger partial charge in [0.25, 0.3) is 0 Å². The van der Waals surface area contributed by atoms with Gasteiger partial charge < -0.3 is 24.3 Å². The lowest BCUT2D eigenvalue weighted by Crippen LogP contribution is -2.24. The number of nitrogens with one attached hydrogen (secondary N) is 1. The minimum absolute atomic E-state index is 0.247. The average molecular weight is 281 g/mol. The molecule has 1 atom stereocenters. The highest BCUT2D eigenvalue weighted by molar-refractivity contribution is 5.44. The highest BCUT2D eigenvalue weighted by Gasteiger charge is 2.14. The summed E-state index contributed by atoms with van der Waals surface area (Å²) in [6, 6.07) is 6.32. The lowest BCUT2D eigenvalue weighted by molar-refractivity contribution is 0.0712. The lowest BCUT2D eigenvalue weighted by Gasteiger charge is -2.21. The fraction of sp³-hybridized carbons (Fsp3) is 0.600. The normalized spacial score (nSPS) is 15.1. The number of hydrogen-bond acceptors (Lipinski definition) is 5.